The maximum Gasteiger partial charge on any atom is 0.391 e. The maximum atomic E-state index is 12.7. The number of rotatable bonds is 4. The first-order valence-corrected chi connectivity index (χ1v) is 6.97. The number of aryl methyl sites for hydroxylation is 1. The van der Waals surface area contributed by atoms with Gasteiger partial charge in [0.2, 0.25) is 0 Å². The molecular formula is C13H21F3N4O. The summed E-state index contributed by atoms with van der Waals surface area (Å²) in [6, 6.07) is -0.262. The highest BCUT2D eigenvalue weighted by molar-refractivity contribution is 5.28. The molecule has 1 aromatic rings. The van der Waals surface area contributed by atoms with Crippen LogP contribution in [0.3, 0.4) is 0 Å². The normalized spacial score (nSPS) is 24.9. The van der Waals surface area contributed by atoms with Gasteiger partial charge in [-0.25, -0.2) is 0 Å². The standard InChI is InChI=1S/C13H21F3N4O/c1-20-12(10(21-2)7-18-20)11(19-17)8-3-5-9(6-4-8)13(14,15)16/h7-9,11,19H,3-6,17H2,1-2H3. The molecule has 1 heterocycles. The van der Waals surface area contributed by atoms with Gasteiger partial charge in [-0.1, -0.05) is 0 Å². The largest absolute Gasteiger partial charge is 0.493 e. The first-order chi connectivity index (χ1) is 9.88. The third kappa shape index (κ3) is 3.32. The number of nitrogens with one attached hydrogen (secondary N) is 1. The van der Waals surface area contributed by atoms with E-state index in [2.05, 4.69) is 10.5 Å². The van der Waals surface area contributed by atoms with Gasteiger partial charge < -0.3 is 4.74 Å². The van der Waals surface area contributed by atoms with E-state index < -0.39 is 12.1 Å². The van der Waals surface area contributed by atoms with Crippen molar-refractivity contribution in [3.63, 3.8) is 0 Å². The number of hydrogen-bond acceptors (Lipinski definition) is 4. The lowest BCUT2D eigenvalue weighted by atomic mass is 9.77. The van der Waals surface area contributed by atoms with Crippen molar-refractivity contribution < 1.29 is 17.9 Å². The summed E-state index contributed by atoms with van der Waals surface area (Å²) < 4.78 is 45.1. The predicted octanol–water partition coefficient (Wildman–Crippen LogP) is 2.30. The summed E-state index contributed by atoms with van der Waals surface area (Å²) in [5, 5.41) is 4.12. The second-order valence-corrected chi connectivity index (χ2v) is 5.52. The lowest BCUT2D eigenvalue weighted by Crippen LogP contribution is -2.38. The molecule has 3 N–H and O–H groups in total. The SMILES string of the molecule is COc1cnn(C)c1C(NN)C1CCC(C(F)(F)F)CC1. The Morgan fingerprint density at radius 2 is 2.00 bits per heavy atom. The number of hydrazine groups is 1. The van der Waals surface area contributed by atoms with Gasteiger partial charge in [-0.15, -0.1) is 0 Å². The van der Waals surface area contributed by atoms with Crippen molar-refractivity contribution in [1.82, 2.24) is 15.2 Å². The number of halogens is 3. The number of aromatic nitrogens is 2. The Kier molecular flexibility index (Phi) is 4.77. The van der Waals surface area contributed by atoms with Crippen molar-refractivity contribution >= 4 is 0 Å². The maximum absolute atomic E-state index is 12.7. The zero-order valence-corrected chi connectivity index (χ0v) is 12.2. The van der Waals surface area contributed by atoms with Crippen molar-refractivity contribution in [2.45, 2.75) is 37.9 Å². The number of alkyl halides is 3. The molecule has 1 saturated carbocycles. The van der Waals surface area contributed by atoms with Gasteiger partial charge in [-0.3, -0.25) is 16.0 Å². The molecular weight excluding hydrogens is 285 g/mol. The highest BCUT2D eigenvalue weighted by Crippen LogP contribution is 2.44. The second-order valence-electron chi connectivity index (χ2n) is 5.52. The lowest BCUT2D eigenvalue weighted by Gasteiger charge is -2.34. The molecule has 0 aliphatic heterocycles. The fourth-order valence-electron chi connectivity index (χ4n) is 3.16. The number of methoxy groups -OCH3 is 1. The highest BCUT2D eigenvalue weighted by atomic mass is 19.4. The van der Waals surface area contributed by atoms with E-state index in [1.54, 1.807) is 17.9 Å². The van der Waals surface area contributed by atoms with Crippen LogP contribution in [0.1, 0.15) is 37.4 Å². The van der Waals surface area contributed by atoms with Crippen molar-refractivity contribution in [2.24, 2.45) is 24.7 Å². The van der Waals surface area contributed by atoms with Crippen molar-refractivity contribution in [3.8, 4) is 5.75 Å². The monoisotopic (exact) mass is 306 g/mol. The minimum Gasteiger partial charge on any atom is -0.493 e. The Hall–Kier alpha value is -1.28. The molecule has 1 unspecified atom stereocenters. The number of ether oxygens (including phenoxy) is 1. The van der Waals surface area contributed by atoms with E-state index in [1.165, 1.54) is 7.11 Å². The van der Waals surface area contributed by atoms with Gasteiger partial charge in [0.25, 0.3) is 0 Å². The molecule has 0 amide bonds. The Bertz CT molecular complexity index is 466. The van der Waals surface area contributed by atoms with Gasteiger partial charge in [-0.2, -0.15) is 18.3 Å². The summed E-state index contributed by atoms with van der Waals surface area (Å²) in [6.07, 6.45) is -1.26. The van der Waals surface area contributed by atoms with Gasteiger partial charge in [-0.05, 0) is 31.6 Å². The minimum atomic E-state index is -4.10. The summed E-state index contributed by atoms with van der Waals surface area (Å²) in [4.78, 5) is 0. The highest BCUT2D eigenvalue weighted by Gasteiger charge is 2.43. The number of nitrogens with zero attached hydrogens (tertiary/aromatic N) is 2. The molecule has 5 nitrogen and oxygen atoms in total. The Balaban J connectivity index is 2.11. The zero-order chi connectivity index (χ0) is 15.6. The summed E-state index contributed by atoms with van der Waals surface area (Å²) in [5.41, 5.74) is 3.49. The summed E-state index contributed by atoms with van der Waals surface area (Å²) in [7, 11) is 3.30. The van der Waals surface area contributed by atoms with Crippen molar-refractivity contribution in [2.75, 3.05) is 7.11 Å². The van der Waals surface area contributed by atoms with Crippen LogP contribution in [0.5, 0.6) is 5.75 Å². The average Bonchev–Trinajstić information content (AvgIpc) is 2.81. The summed E-state index contributed by atoms with van der Waals surface area (Å²) >= 11 is 0. The van der Waals surface area contributed by atoms with E-state index in [-0.39, 0.29) is 24.8 Å². The third-order valence-corrected chi connectivity index (χ3v) is 4.35. The van der Waals surface area contributed by atoms with Crippen molar-refractivity contribution in [1.29, 1.82) is 0 Å². The quantitative estimate of drug-likeness (QED) is 0.662. The van der Waals surface area contributed by atoms with E-state index in [9.17, 15) is 13.2 Å². The van der Waals surface area contributed by atoms with Gasteiger partial charge in [0, 0.05) is 7.05 Å². The van der Waals surface area contributed by atoms with E-state index in [0.29, 0.717) is 18.6 Å². The smallest absolute Gasteiger partial charge is 0.391 e. The lowest BCUT2D eigenvalue weighted by molar-refractivity contribution is -0.184. The number of nitrogens with two attached hydrogens (primary N) is 1. The summed E-state index contributed by atoms with van der Waals surface area (Å²) in [5.74, 6) is 5.08. The second kappa shape index (κ2) is 6.23. The topological polar surface area (TPSA) is 65.1 Å². The van der Waals surface area contributed by atoms with Crippen LogP contribution < -0.4 is 16.0 Å². The van der Waals surface area contributed by atoms with Crippen LogP contribution in [0.15, 0.2) is 6.20 Å². The van der Waals surface area contributed by atoms with Crippen LogP contribution in [0.25, 0.3) is 0 Å². The molecule has 0 radical (unpaired) electrons. The molecule has 0 aromatic carbocycles. The summed E-state index contributed by atoms with van der Waals surface area (Å²) in [6.45, 7) is 0. The predicted molar refractivity (Wildman–Crippen MR) is 71.3 cm³/mol. The van der Waals surface area contributed by atoms with E-state index >= 15 is 0 Å². The molecule has 1 atom stereocenters. The molecule has 0 bridgehead atoms. The van der Waals surface area contributed by atoms with E-state index in [0.717, 1.165) is 5.69 Å². The molecule has 1 aliphatic rings. The van der Waals surface area contributed by atoms with Crippen LogP contribution in [0.4, 0.5) is 13.2 Å². The van der Waals surface area contributed by atoms with Crippen molar-refractivity contribution in [3.05, 3.63) is 11.9 Å². The first-order valence-electron chi connectivity index (χ1n) is 6.97. The van der Waals surface area contributed by atoms with E-state index in [1.807, 2.05) is 0 Å². The first kappa shape index (κ1) is 16.1. The van der Waals surface area contributed by atoms with Crippen LogP contribution >= 0.6 is 0 Å². The fourth-order valence-corrected chi connectivity index (χ4v) is 3.16. The molecule has 1 aromatic heterocycles. The molecule has 21 heavy (non-hydrogen) atoms. The molecule has 2 rings (SSSR count). The number of hydrogen-bond donors (Lipinski definition) is 2. The van der Waals surface area contributed by atoms with Crippen LogP contribution in [-0.2, 0) is 7.05 Å². The fraction of sp³-hybridized carbons (Fsp3) is 0.769. The molecule has 120 valence electrons. The van der Waals surface area contributed by atoms with Crippen LogP contribution in [0.2, 0.25) is 0 Å². The van der Waals surface area contributed by atoms with Crippen LogP contribution in [0, 0.1) is 11.8 Å². The van der Waals surface area contributed by atoms with Gasteiger partial charge >= 0.3 is 6.18 Å². The van der Waals surface area contributed by atoms with Gasteiger partial charge in [0.15, 0.2) is 5.75 Å². The Morgan fingerprint density at radius 1 is 1.38 bits per heavy atom. The van der Waals surface area contributed by atoms with Gasteiger partial charge in [0.05, 0.1) is 31.0 Å². The van der Waals surface area contributed by atoms with E-state index in [4.69, 9.17) is 10.6 Å². The molecule has 8 heteroatoms. The zero-order valence-electron chi connectivity index (χ0n) is 12.2. The minimum absolute atomic E-state index is 0.0397. The molecule has 1 aliphatic carbocycles. The van der Waals surface area contributed by atoms with Gasteiger partial charge in [0.1, 0.15) is 0 Å². The molecule has 1 fully saturated rings. The Labute approximate surface area is 121 Å². The third-order valence-electron chi connectivity index (χ3n) is 4.35. The molecule has 0 spiro atoms. The average molecular weight is 306 g/mol. The Morgan fingerprint density at radius 3 is 2.48 bits per heavy atom. The van der Waals surface area contributed by atoms with Crippen LogP contribution in [-0.4, -0.2) is 23.1 Å². The molecule has 0 saturated heterocycles.